The zero-order valence-corrected chi connectivity index (χ0v) is 15.7. The van der Waals surface area contributed by atoms with Crippen LogP contribution < -0.4 is 10.2 Å². The van der Waals surface area contributed by atoms with Crippen LogP contribution in [-0.2, 0) is 4.79 Å². The normalized spacial score (nSPS) is 17.2. The van der Waals surface area contributed by atoms with Crippen molar-refractivity contribution in [1.82, 2.24) is 15.0 Å². The number of halogens is 1. The Morgan fingerprint density at radius 1 is 1.30 bits per heavy atom. The number of carbonyl (C=O) groups is 1. The lowest BCUT2D eigenvalue weighted by Gasteiger charge is -2.33. The van der Waals surface area contributed by atoms with Crippen molar-refractivity contribution in [2.45, 2.75) is 19.3 Å². The van der Waals surface area contributed by atoms with E-state index in [1.54, 1.807) is 6.33 Å². The Labute approximate surface area is 163 Å². The summed E-state index contributed by atoms with van der Waals surface area (Å²) in [5, 5.41) is 4.81. The number of para-hydroxylation sites is 1. The van der Waals surface area contributed by atoms with E-state index < -0.39 is 0 Å². The van der Waals surface area contributed by atoms with E-state index in [4.69, 9.17) is 11.6 Å². The minimum absolute atomic E-state index is 0.205. The molecule has 27 heavy (non-hydrogen) atoms. The van der Waals surface area contributed by atoms with Crippen LogP contribution in [0.4, 0.5) is 11.5 Å². The molecule has 1 aliphatic rings. The molecule has 6 nitrogen and oxygen atoms in total. The van der Waals surface area contributed by atoms with Crippen LogP contribution in [0, 0.1) is 5.92 Å². The number of Topliss-reactive ketones (excluding diaryl/α,β-unsaturated/α-hetero) is 1. The molecule has 1 saturated heterocycles. The molecule has 0 saturated carbocycles. The van der Waals surface area contributed by atoms with Gasteiger partial charge in [-0.05, 0) is 37.0 Å². The molecule has 1 fully saturated rings. The maximum absolute atomic E-state index is 12.5. The third-order valence-corrected chi connectivity index (χ3v) is 5.35. The van der Waals surface area contributed by atoms with Crippen molar-refractivity contribution < 1.29 is 4.79 Å². The minimum Gasteiger partial charge on any atom is -0.377 e. The summed E-state index contributed by atoms with van der Waals surface area (Å²) in [4.78, 5) is 26.6. The number of hydrogen-bond acceptors (Lipinski definition) is 5. The zero-order valence-electron chi connectivity index (χ0n) is 15.0. The fourth-order valence-electron chi connectivity index (χ4n) is 3.73. The SMILES string of the molecule is O=C(CNc1ccccc1Cl)C[C@@H]1CCCN(c2ncnc3[nH]ccc23)C1. The van der Waals surface area contributed by atoms with Crippen LogP contribution in [-0.4, -0.2) is 40.4 Å². The second-order valence-corrected chi connectivity index (χ2v) is 7.37. The van der Waals surface area contributed by atoms with Gasteiger partial charge in [-0.3, -0.25) is 4.79 Å². The predicted octanol–water partition coefficient (Wildman–Crippen LogP) is 3.90. The molecule has 0 radical (unpaired) electrons. The summed E-state index contributed by atoms with van der Waals surface area (Å²) in [5.74, 6) is 1.49. The summed E-state index contributed by atoms with van der Waals surface area (Å²) in [6.45, 7) is 2.10. The maximum Gasteiger partial charge on any atom is 0.152 e. The molecule has 1 aliphatic heterocycles. The molecular weight excluding hydrogens is 362 g/mol. The molecule has 1 aromatic carbocycles. The predicted molar refractivity (Wildman–Crippen MR) is 108 cm³/mol. The quantitative estimate of drug-likeness (QED) is 0.675. The molecule has 140 valence electrons. The van der Waals surface area contributed by atoms with Crippen LogP contribution in [0.1, 0.15) is 19.3 Å². The lowest BCUT2D eigenvalue weighted by atomic mass is 9.92. The van der Waals surface area contributed by atoms with Crippen LogP contribution in [0.15, 0.2) is 42.9 Å². The fraction of sp³-hybridized carbons (Fsp3) is 0.350. The number of anilines is 2. The van der Waals surface area contributed by atoms with Gasteiger partial charge in [-0.2, -0.15) is 0 Å². The number of carbonyl (C=O) groups excluding carboxylic acids is 1. The van der Waals surface area contributed by atoms with Gasteiger partial charge in [0.2, 0.25) is 0 Å². The number of nitrogens with one attached hydrogen (secondary N) is 2. The summed E-state index contributed by atoms with van der Waals surface area (Å²) in [6, 6.07) is 9.49. The van der Waals surface area contributed by atoms with Crippen molar-refractivity contribution in [1.29, 1.82) is 0 Å². The molecular formula is C20H22ClN5O. The van der Waals surface area contributed by atoms with Gasteiger partial charge in [0, 0.05) is 25.7 Å². The largest absolute Gasteiger partial charge is 0.377 e. The smallest absolute Gasteiger partial charge is 0.152 e. The van der Waals surface area contributed by atoms with Gasteiger partial charge >= 0.3 is 0 Å². The van der Waals surface area contributed by atoms with Crippen molar-refractivity contribution >= 4 is 39.9 Å². The lowest BCUT2D eigenvalue weighted by molar-refractivity contribution is -0.118. The van der Waals surface area contributed by atoms with E-state index >= 15 is 0 Å². The van der Waals surface area contributed by atoms with Crippen LogP contribution in [0.2, 0.25) is 5.02 Å². The summed E-state index contributed by atoms with van der Waals surface area (Å²) < 4.78 is 0. The molecule has 0 aliphatic carbocycles. The fourth-order valence-corrected chi connectivity index (χ4v) is 3.93. The van der Waals surface area contributed by atoms with Gasteiger partial charge in [0.05, 0.1) is 22.6 Å². The number of piperidine rings is 1. The Bertz CT molecular complexity index is 941. The number of ketones is 1. The van der Waals surface area contributed by atoms with E-state index in [1.165, 1.54) is 0 Å². The van der Waals surface area contributed by atoms with Gasteiger partial charge in [-0.15, -0.1) is 0 Å². The Balaban J connectivity index is 1.36. The Morgan fingerprint density at radius 3 is 3.07 bits per heavy atom. The summed E-state index contributed by atoms with van der Waals surface area (Å²) in [5.41, 5.74) is 1.65. The lowest BCUT2D eigenvalue weighted by Crippen LogP contribution is -2.37. The van der Waals surface area contributed by atoms with Crippen LogP contribution in [0.25, 0.3) is 11.0 Å². The average Bonchev–Trinajstić information content (AvgIpc) is 3.16. The summed E-state index contributed by atoms with van der Waals surface area (Å²) >= 11 is 6.13. The summed E-state index contributed by atoms with van der Waals surface area (Å²) in [7, 11) is 0. The zero-order chi connectivity index (χ0) is 18.6. The highest BCUT2D eigenvalue weighted by Crippen LogP contribution is 2.28. The maximum atomic E-state index is 12.5. The van der Waals surface area contributed by atoms with Gasteiger partial charge in [0.1, 0.15) is 17.8 Å². The molecule has 1 atom stereocenters. The molecule has 3 heterocycles. The van der Waals surface area contributed by atoms with E-state index in [0.717, 1.165) is 48.5 Å². The van der Waals surface area contributed by atoms with Crippen LogP contribution in [0.5, 0.6) is 0 Å². The number of benzene rings is 1. The highest BCUT2D eigenvalue weighted by molar-refractivity contribution is 6.33. The third-order valence-electron chi connectivity index (χ3n) is 5.02. The second kappa shape index (κ2) is 7.96. The average molecular weight is 384 g/mol. The van der Waals surface area contributed by atoms with Gasteiger partial charge < -0.3 is 15.2 Å². The number of H-pyrrole nitrogens is 1. The first-order valence-electron chi connectivity index (χ1n) is 9.24. The summed E-state index contributed by atoms with van der Waals surface area (Å²) in [6.07, 6.45) is 6.17. The highest BCUT2D eigenvalue weighted by Gasteiger charge is 2.24. The highest BCUT2D eigenvalue weighted by atomic mass is 35.5. The third kappa shape index (κ3) is 4.06. The Kier molecular flexibility index (Phi) is 5.25. The van der Waals surface area contributed by atoms with Gasteiger partial charge in [-0.25, -0.2) is 9.97 Å². The number of aromatic amines is 1. The molecule has 0 bridgehead atoms. The van der Waals surface area contributed by atoms with E-state index in [2.05, 4.69) is 25.2 Å². The Morgan fingerprint density at radius 2 is 2.19 bits per heavy atom. The first-order valence-corrected chi connectivity index (χ1v) is 9.61. The number of aromatic nitrogens is 3. The topological polar surface area (TPSA) is 73.9 Å². The van der Waals surface area contributed by atoms with Gasteiger partial charge in [0.15, 0.2) is 5.78 Å². The molecule has 2 aromatic heterocycles. The van der Waals surface area contributed by atoms with Crippen molar-refractivity contribution in [3.8, 4) is 0 Å². The van der Waals surface area contributed by atoms with Gasteiger partial charge in [0.25, 0.3) is 0 Å². The van der Waals surface area contributed by atoms with Crippen molar-refractivity contribution in [3.63, 3.8) is 0 Å². The number of hydrogen-bond donors (Lipinski definition) is 2. The minimum atomic E-state index is 0.205. The van der Waals surface area contributed by atoms with Crippen molar-refractivity contribution in [2.75, 3.05) is 29.9 Å². The second-order valence-electron chi connectivity index (χ2n) is 6.97. The molecule has 4 rings (SSSR count). The van der Waals surface area contributed by atoms with E-state index in [1.807, 2.05) is 36.5 Å². The van der Waals surface area contributed by atoms with Crippen LogP contribution in [0.3, 0.4) is 0 Å². The van der Waals surface area contributed by atoms with E-state index in [0.29, 0.717) is 23.9 Å². The first-order chi connectivity index (χ1) is 13.2. The molecule has 2 N–H and O–H groups in total. The van der Waals surface area contributed by atoms with Crippen molar-refractivity contribution in [2.24, 2.45) is 5.92 Å². The van der Waals surface area contributed by atoms with Crippen molar-refractivity contribution in [3.05, 3.63) is 47.9 Å². The molecule has 0 unspecified atom stereocenters. The molecule has 7 heteroatoms. The molecule has 3 aromatic rings. The molecule has 0 amide bonds. The molecule has 0 spiro atoms. The van der Waals surface area contributed by atoms with E-state index in [9.17, 15) is 4.79 Å². The number of rotatable bonds is 6. The first kappa shape index (κ1) is 17.8. The standard InChI is InChI=1S/C20H22ClN5O/c21-17-5-1-2-6-18(17)23-11-15(27)10-14-4-3-9-26(12-14)20-16-7-8-22-19(16)24-13-25-20/h1-2,5-8,13-14,23H,3-4,9-12H2,(H,22,24,25)/t14-/m0/s1. The monoisotopic (exact) mass is 383 g/mol. The van der Waals surface area contributed by atoms with Crippen LogP contribution >= 0.6 is 11.6 Å². The number of fused-ring (bicyclic) bond motifs is 1. The Hall–Kier alpha value is -2.60. The van der Waals surface area contributed by atoms with E-state index in [-0.39, 0.29) is 5.78 Å². The van der Waals surface area contributed by atoms with Gasteiger partial charge in [-0.1, -0.05) is 23.7 Å². The number of nitrogens with zero attached hydrogens (tertiary/aromatic N) is 3.